The number of hydrazone groups is 1. The second-order valence-corrected chi connectivity index (χ2v) is 11.3. The van der Waals surface area contributed by atoms with Gasteiger partial charge in [0, 0.05) is 19.2 Å². The number of carbonyl (C=O) groups is 2. The zero-order valence-corrected chi connectivity index (χ0v) is 24.7. The molecule has 0 spiro atoms. The van der Waals surface area contributed by atoms with Crippen molar-refractivity contribution in [3.8, 4) is 17.2 Å². The summed E-state index contributed by atoms with van der Waals surface area (Å²) in [5, 5.41) is 6.76. The van der Waals surface area contributed by atoms with E-state index in [1.54, 1.807) is 48.5 Å². The molecule has 12 nitrogen and oxygen atoms in total. The molecule has 43 heavy (non-hydrogen) atoms. The average molecular weight is 611 g/mol. The third kappa shape index (κ3) is 8.69. The highest BCUT2D eigenvalue weighted by molar-refractivity contribution is 7.92. The molecule has 228 valence electrons. The first-order valence-corrected chi connectivity index (χ1v) is 15.0. The quantitative estimate of drug-likeness (QED) is 0.209. The summed E-state index contributed by atoms with van der Waals surface area (Å²) < 4.78 is 49.8. The summed E-state index contributed by atoms with van der Waals surface area (Å²) >= 11 is 0. The van der Waals surface area contributed by atoms with Gasteiger partial charge in [-0.25, -0.2) is 13.8 Å². The summed E-state index contributed by atoms with van der Waals surface area (Å²) in [5.41, 5.74) is 3.17. The van der Waals surface area contributed by atoms with Crippen LogP contribution in [0.25, 0.3) is 0 Å². The number of benzene rings is 3. The van der Waals surface area contributed by atoms with E-state index in [2.05, 4.69) is 15.8 Å². The average Bonchev–Trinajstić information content (AvgIpc) is 3.56. The molecule has 3 aromatic carbocycles. The molecule has 3 aromatic rings. The molecule has 0 radical (unpaired) electrons. The minimum absolute atomic E-state index is 0.00629. The number of anilines is 1. The van der Waals surface area contributed by atoms with Crippen molar-refractivity contribution in [2.24, 2.45) is 5.10 Å². The molecule has 1 aliphatic heterocycles. The van der Waals surface area contributed by atoms with E-state index in [0.29, 0.717) is 23.6 Å². The van der Waals surface area contributed by atoms with E-state index in [9.17, 15) is 18.0 Å². The van der Waals surface area contributed by atoms with Gasteiger partial charge in [0.05, 0.1) is 37.1 Å². The van der Waals surface area contributed by atoms with Gasteiger partial charge in [0.25, 0.3) is 21.8 Å². The molecule has 2 N–H and O–H groups in total. The van der Waals surface area contributed by atoms with Gasteiger partial charge in [0.1, 0.15) is 23.8 Å². The van der Waals surface area contributed by atoms with E-state index in [1.807, 2.05) is 0 Å². The van der Waals surface area contributed by atoms with Crippen LogP contribution in [0.15, 0.2) is 82.8 Å². The van der Waals surface area contributed by atoms with Crippen LogP contribution in [0.4, 0.5) is 5.69 Å². The van der Waals surface area contributed by atoms with Crippen LogP contribution in [0, 0.1) is 0 Å². The summed E-state index contributed by atoms with van der Waals surface area (Å²) in [6, 6.07) is 19.1. The normalized spacial score (nSPS) is 14.7. The summed E-state index contributed by atoms with van der Waals surface area (Å²) in [4.78, 5) is 24.9. The molecule has 0 aromatic heterocycles. The Kier molecular flexibility index (Phi) is 10.9. The maximum absolute atomic E-state index is 13.6. The molecule has 0 saturated carbocycles. The van der Waals surface area contributed by atoms with Crippen molar-refractivity contribution in [1.82, 2.24) is 10.7 Å². The van der Waals surface area contributed by atoms with Crippen LogP contribution in [-0.2, 0) is 24.3 Å². The molecule has 1 fully saturated rings. The minimum atomic E-state index is -4.15. The van der Waals surface area contributed by atoms with Crippen molar-refractivity contribution in [3.63, 3.8) is 0 Å². The Labute approximate surface area is 250 Å². The van der Waals surface area contributed by atoms with Crippen LogP contribution in [0.3, 0.4) is 0 Å². The fraction of sp³-hybridized carbons (Fsp3) is 0.300. The van der Waals surface area contributed by atoms with Gasteiger partial charge in [-0.1, -0.05) is 18.2 Å². The van der Waals surface area contributed by atoms with Crippen molar-refractivity contribution in [2.75, 3.05) is 44.8 Å². The van der Waals surface area contributed by atoms with Crippen LogP contribution < -0.4 is 29.3 Å². The van der Waals surface area contributed by atoms with Gasteiger partial charge in [-0.3, -0.25) is 13.9 Å². The van der Waals surface area contributed by atoms with Crippen LogP contribution in [0.2, 0.25) is 0 Å². The van der Waals surface area contributed by atoms with Crippen LogP contribution >= 0.6 is 0 Å². The highest BCUT2D eigenvalue weighted by Gasteiger charge is 2.29. The zero-order chi connectivity index (χ0) is 30.7. The standard InChI is InChI=1S/C30H34N4O8S/c1-39-24-14-15-27(28(17-24)40-2)34(43(37,38)26-8-4-3-5-9-26)20-29(35)33-32-18-22-10-12-23(13-11-22)42-21-30(36)31-19-25-7-6-16-41-25/h3-5,8-15,17-18,25H,6-7,16,19-21H2,1-2H3,(H,31,36)(H,33,35)/b32-18-/t25-/m0/s1. The Morgan fingerprint density at radius 3 is 2.42 bits per heavy atom. The fourth-order valence-corrected chi connectivity index (χ4v) is 5.69. The number of hydrogen-bond acceptors (Lipinski definition) is 9. The van der Waals surface area contributed by atoms with Crippen LogP contribution in [-0.4, -0.2) is 73.1 Å². The summed E-state index contributed by atoms with van der Waals surface area (Å²) in [7, 11) is -1.28. The summed E-state index contributed by atoms with van der Waals surface area (Å²) in [6.07, 6.45) is 3.40. The number of hydrogen-bond donors (Lipinski definition) is 2. The van der Waals surface area contributed by atoms with E-state index in [1.165, 1.54) is 44.7 Å². The number of methoxy groups -OCH3 is 2. The van der Waals surface area contributed by atoms with Crippen LogP contribution in [0.5, 0.6) is 17.2 Å². The Bertz CT molecular complexity index is 1510. The molecule has 1 atom stereocenters. The smallest absolute Gasteiger partial charge is 0.264 e. The van der Waals surface area contributed by atoms with Crippen molar-refractivity contribution >= 4 is 33.7 Å². The molecular formula is C30H34N4O8S. The maximum Gasteiger partial charge on any atom is 0.264 e. The van der Waals surface area contributed by atoms with Crippen LogP contribution in [0.1, 0.15) is 18.4 Å². The number of ether oxygens (including phenoxy) is 4. The van der Waals surface area contributed by atoms with E-state index >= 15 is 0 Å². The van der Waals surface area contributed by atoms with Crippen molar-refractivity contribution in [1.29, 1.82) is 0 Å². The lowest BCUT2D eigenvalue weighted by atomic mass is 10.2. The van der Waals surface area contributed by atoms with E-state index in [0.717, 1.165) is 23.8 Å². The molecule has 0 unspecified atom stereocenters. The topological polar surface area (TPSA) is 145 Å². The van der Waals surface area contributed by atoms with Gasteiger partial charge >= 0.3 is 0 Å². The largest absolute Gasteiger partial charge is 0.497 e. The molecule has 4 rings (SSSR count). The molecule has 2 amide bonds. The molecular weight excluding hydrogens is 576 g/mol. The van der Waals surface area contributed by atoms with E-state index in [4.69, 9.17) is 18.9 Å². The second-order valence-electron chi connectivity index (χ2n) is 9.45. The maximum atomic E-state index is 13.6. The number of rotatable bonds is 14. The molecule has 0 aliphatic carbocycles. The predicted octanol–water partition coefficient (Wildman–Crippen LogP) is 2.72. The Morgan fingerprint density at radius 1 is 1.00 bits per heavy atom. The van der Waals surface area contributed by atoms with Gasteiger partial charge < -0.3 is 24.3 Å². The Morgan fingerprint density at radius 2 is 1.74 bits per heavy atom. The summed E-state index contributed by atoms with van der Waals surface area (Å²) in [6.45, 7) is 0.493. The first-order chi connectivity index (χ1) is 20.8. The fourth-order valence-electron chi connectivity index (χ4n) is 4.24. The predicted molar refractivity (Wildman–Crippen MR) is 160 cm³/mol. The third-order valence-electron chi connectivity index (χ3n) is 6.48. The van der Waals surface area contributed by atoms with Gasteiger partial charge in [0.2, 0.25) is 0 Å². The number of nitrogens with zero attached hydrogens (tertiary/aromatic N) is 2. The van der Waals surface area contributed by atoms with Gasteiger partial charge in [-0.15, -0.1) is 0 Å². The molecule has 1 saturated heterocycles. The molecule has 13 heteroatoms. The number of carbonyl (C=O) groups excluding carboxylic acids is 2. The lowest BCUT2D eigenvalue weighted by Gasteiger charge is -2.25. The first kappa shape index (κ1) is 31.3. The minimum Gasteiger partial charge on any atom is -0.497 e. The zero-order valence-electron chi connectivity index (χ0n) is 23.9. The first-order valence-electron chi connectivity index (χ1n) is 13.5. The lowest BCUT2D eigenvalue weighted by molar-refractivity contribution is -0.123. The monoisotopic (exact) mass is 610 g/mol. The Hall–Kier alpha value is -4.62. The summed E-state index contributed by atoms with van der Waals surface area (Å²) in [5.74, 6) is 0.240. The van der Waals surface area contributed by atoms with Crippen molar-refractivity contribution in [3.05, 3.63) is 78.4 Å². The van der Waals surface area contributed by atoms with Gasteiger partial charge in [-0.2, -0.15) is 5.10 Å². The van der Waals surface area contributed by atoms with Gasteiger partial charge in [0.15, 0.2) is 6.61 Å². The highest BCUT2D eigenvalue weighted by atomic mass is 32.2. The molecule has 1 heterocycles. The highest BCUT2D eigenvalue weighted by Crippen LogP contribution is 2.35. The molecule has 0 bridgehead atoms. The second kappa shape index (κ2) is 15.0. The van der Waals surface area contributed by atoms with Crippen molar-refractivity contribution in [2.45, 2.75) is 23.8 Å². The number of amides is 2. The lowest BCUT2D eigenvalue weighted by Crippen LogP contribution is -2.39. The number of sulfonamides is 1. The van der Waals surface area contributed by atoms with Crippen molar-refractivity contribution < 1.29 is 37.0 Å². The van der Waals surface area contributed by atoms with Gasteiger partial charge in [-0.05, 0) is 66.9 Å². The SMILES string of the molecule is COc1ccc(N(CC(=O)N/N=C\c2ccc(OCC(=O)NC[C@@H]3CCCO3)cc2)S(=O)(=O)c2ccccc2)c(OC)c1. The van der Waals surface area contributed by atoms with E-state index in [-0.39, 0.29) is 35.0 Å². The Balaban J connectivity index is 1.37. The van der Waals surface area contributed by atoms with E-state index < -0.39 is 22.5 Å². The third-order valence-corrected chi connectivity index (χ3v) is 8.25. The molecule has 1 aliphatic rings. The number of nitrogens with one attached hydrogen (secondary N) is 2.